The molecule has 2 N–H and O–H groups in total. The summed E-state index contributed by atoms with van der Waals surface area (Å²) in [4.78, 5) is 12.3. The molecule has 0 aromatic heterocycles. The molecule has 7 heteroatoms. The van der Waals surface area contributed by atoms with E-state index in [1.807, 2.05) is 25.1 Å². The fourth-order valence-electron chi connectivity index (χ4n) is 3.23. The van der Waals surface area contributed by atoms with Gasteiger partial charge in [0.2, 0.25) is 0 Å². The van der Waals surface area contributed by atoms with Gasteiger partial charge in [0.15, 0.2) is 0 Å². The maximum absolute atomic E-state index is 12.7. The lowest BCUT2D eigenvalue weighted by molar-refractivity contribution is -0.127. The molecule has 27 heavy (non-hydrogen) atoms. The van der Waals surface area contributed by atoms with E-state index in [0.29, 0.717) is 18.6 Å². The number of aryl methyl sites for hydroxylation is 1. The Morgan fingerprint density at radius 2 is 1.89 bits per heavy atom. The van der Waals surface area contributed by atoms with Crippen LogP contribution in [0.25, 0.3) is 0 Å². The monoisotopic (exact) mass is 378 g/mol. The lowest BCUT2D eigenvalue weighted by Gasteiger charge is -2.28. The highest BCUT2D eigenvalue weighted by molar-refractivity contribution is 5.74. The number of alkyl halides is 3. The molecule has 0 saturated heterocycles. The van der Waals surface area contributed by atoms with Crippen molar-refractivity contribution in [3.05, 3.63) is 64.7 Å². The number of carbonyl (C=O) groups excluding carboxylic acids is 1. The number of para-hydroxylation sites is 1. The van der Waals surface area contributed by atoms with Crippen molar-refractivity contribution in [2.75, 3.05) is 6.61 Å². The van der Waals surface area contributed by atoms with Crippen molar-refractivity contribution in [2.24, 2.45) is 0 Å². The summed E-state index contributed by atoms with van der Waals surface area (Å²) in [5.74, 6) is 0.782. The quantitative estimate of drug-likeness (QED) is 0.827. The van der Waals surface area contributed by atoms with Crippen molar-refractivity contribution in [1.82, 2.24) is 10.6 Å². The second kappa shape index (κ2) is 7.90. The van der Waals surface area contributed by atoms with Crippen molar-refractivity contribution in [1.29, 1.82) is 0 Å². The van der Waals surface area contributed by atoms with Gasteiger partial charge in [-0.25, -0.2) is 4.79 Å². The molecule has 2 aromatic carbocycles. The van der Waals surface area contributed by atoms with Crippen molar-refractivity contribution in [2.45, 2.75) is 38.5 Å². The molecule has 1 aliphatic heterocycles. The van der Waals surface area contributed by atoms with Crippen LogP contribution in [0.4, 0.5) is 18.0 Å². The summed E-state index contributed by atoms with van der Waals surface area (Å²) in [6, 6.07) is 11.4. The largest absolute Gasteiger partial charge is 0.493 e. The van der Waals surface area contributed by atoms with Crippen LogP contribution in [0.5, 0.6) is 5.75 Å². The Balaban J connectivity index is 1.63. The first kappa shape index (κ1) is 19.1. The highest BCUT2D eigenvalue weighted by Gasteiger charge is 2.29. The Morgan fingerprint density at radius 3 is 2.63 bits per heavy atom. The average molecular weight is 378 g/mol. The molecule has 0 radical (unpaired) electrons. The summed E-state index contributed by atoms with van der Waals surface area (Å²) >= 11 is 0. The Hall–Kier alpha value is -2.70. The number of rotatable bonds is 4. The third-order valence-corrected chi connectivity index (χ3v) is 4.52. The van der Waals surface area contributed by atoms with E-state index in [0.717, 1.165) is 16.9 Å². The number of fused-ring (bicyclic) bond motifs is 1. The minimum Gasteiger partial charge on any atom is -0.493 e. The zero-order valence-corrected chi connectivity index (χ0v) is 14.9. The van der Waals surface area contributed by atoms with Gasteiger partial charge in [-0.3, -0.25) is 0 Å². The minimum absolute atomic E-state index is 0.0297. The lowest BCUT2D eigenvalue weighted by Crippen LogP contribution is -2.39. The molecule has 0 unspecified atom stereocenters. The first-order valence-corrected chi connectivity index (χ1v) is 8.74. The van der Waals surface area contributed by atoms with E-state index in [2.05, 4.69) is 10.6 Å². The van der Waals surface area contributed by atoms with Crippen LogP contribution in [0, 0.1) is 6.92 Å². The molecule has 0 bridgehead atoms. The maximum Gasteiger partial charge on any atom is 0.393 e. The number of halogens is 3. The van der Waals surface area contributed by atoms with E-state index in [1.54, 1.807) is 18.2 Å². The average Bonchev–Trinajstić information content (AvgIpc) is 2.61. The molecule has 2 aromatic rings. The van der Waals surface area contributed by atoms with Crippen molar-refractivity contribution >= 4 is 6.03 Å². The molecule has 144 valence electrons. The molecule has 0 spiro atoms. The van der Waals surface area contributed by atoms with Gasteiger partial charge in [0.1, 0.15) is 5.75 Å². The van der Waals surface area contributed by atoms with Gasteiger partial charge in [-0.1, -0.05) is 42.5 Å². The van der Waals surface area contributed by atoms with Gasteiger partial charge in [0.05, 0.1) is 19.1 Å². The molecule has 0 saturated carbocycles. The summed E-state index contributed by atoms with van der Waals surface area (Å²) in [6.45, 7) is 2.47. The van der Waals surface area contributed by atoms with Crippen LogP contribution in [-0.4, -0.2) is 18.8 Å². The van der Waals surface area contributed by atoms with E-state index >= 15 is 0 Å². The van der Waals surface area contributed by atoms with Crippen LogP contribution in [-0.2, 0) is 13.0 Å². The number of hydrogen-bond acceptors (Lipinski definition) is 2. The van der Waals surface area contributed by atoms with Gasteiger partial charge in [0, 0.05) is 18.5 Å². The second-order valence-corrected chi connectivity index (χ2v) is 6.57. The molecular weight excluding hydrogens is 357 g/mol. The Labute approximate surface area is 155 Å². The number of nitrogens with one attached hydrogen (secondary N) is 2. The van der Waals surface area contributed by atoms with Crippen LogP contribution in [0.2, 0.25) is 0 Å². The number of amides is 2. The number of benzene rings is 2. The molecule has 1 atom stereocenters. The van der Waals surface area contributed by atoms with Crippen molar-refractivity contribution in [3.63, 3.8) is 0 Å². The van der Waals surface area contributed by atoms with Gasteiger partial charge in [-0.05, 0) is 23.6 Å². The molecule has 1 heterocycles. The van der Waals surface area contributed by atoms with Gasteiger partial charge in [0.25, 0.3) is 0 Å². The molecule has 0 aliphatic carbocycles. The van der Waals surface area contributed by atoms with Crippen molar-refractivity contribution < 1.29 is 22.7 Å². The Kier molecular flexibility index (Phi) is 5.58. The highest BCUT2D eigenvalue weighted by atomic mass is 19.4. The van der Waals surface area contributed by atoms with Crippen molar-refractivity contribution in [3.8, 4) is 5.75 Å². The predicted molar refractivity (Wildman–Crippen MR) is 95.6 cm³/mol. The number of carbonyl (C=O) groups is 1. The number of ether oxygens (including phenoxy) is 1. The van der Waals surface area contributed by atoms with Crippen LogP contribution < -0.4 is 15.4 Å². The molecule has 1 aliphatic rings. The summed E-state index contributed by atoms with van der Waals surface area (Å²) in [6.07, 6.45) is -4.67. The summed E-state index contributed by atoms with van der Waals surface area (Å²) in [5, 5.41) is 5.55. The SMILES string of the molecule is Cc1cccc2c1OCC[C@H]2NC(=O)NCc1ccccc1CC(F)(F)F. The third kappa shape index (κ3) is 4.93. The molecule has 3 rings (SSSR count). The van der Waals surface area contributed by atoms with Crippen LogP contribution in [0.3, 0.4) is 0 Å². The number of urea groups is 1. The van der Waals surface area contributed by atoms with E-state index in [-0.39, 0.29) is 18.2 Å². The van der Waals surface area contributed by atoms with Crippen LogP contribution >= 0.6 is 0 Å². The Morgan fingerprint density at radius 1 is 1.15 bits per heavy atom. The summed E-state index contributed by atoms with van der Waals surface area (Å²) in [7, 11) is 0. The summed E-state index contributed by atoms with van der Waals surface area (Å²) in [5.41, 5.74) is 2.53. The molecule has 2 amide bonds. The van der Waals surface area contributed by atoms with Gasteiger partial charge >= 0.3 is 12.2 Å². The fourth-order valence-corrected chi connectivity index (χ4v) is 3.23. The predicted octanol–water partition coefficient (Wildman–Crippen LogP) is 4.42. The smallest absolute Gasteiger partial charge is 0.393 e. The third-order valence-electron chi connectivity index (χ3n) is 4.52. The van der Waals surface area contributed by atoms with Gasteiger partial charge in [-0.2, -0.15) is 13.2 Å². The molecule has 0 fully saturated rings. The van der Waals surface area contributed by atoms with Crippen LogP contribution in [0.15, 0.2) is 42.5 Å². The summed E-state index contributed by atoms with van der Waals surface area (Å²) < 4.78 is 43.8. The number of hydrogen-bond donors (Lipinski definition) is 2. The van der Waals surface area contributed by atoms with Gasteiger partial charge in [-0.15, -0.1) is 0 Å². The zero-order valence-electron chi connectivity index (χ0n) is 14.9. The molecular formula is C20H21F3N2O2. The fraction of sp³-hybridized carbons (Fsp3) is 0.350. The first-order valence-electron chi connectivity index (χ1n) is 8.74. The first-order chi connectivity index (χ1) is 12.8. The Bertz CT molecular complexity index is 821. The van der Waals surface area contributed by atoms with E-state index in [4.69, 9.17) is 4.74 Å². The lowest BCUT2D eigenvalue weighted by atomic mass is 9.98. The van der Waals surface area contributed by atoms with E-state index in [1.165, 1.54) is 6.07 Å². The molecule has 4 nitrogen and oxygen atoms in total. The van der Waals surface area contributed by atoms with Gasteiger partial charge < -0.3 is 15.4 Å². The van der Waals surface area contributed by atoms with E-state index < -0.39 is 18.6 Å². The minimum atomic E-state index is -4.29. The topological polar surface area (TPSA) is 50.4 Å². The second-order valence-electron chi connectivity index (χ2n) is 6.57. The maximum atomic E-state index is 12.7. The van der Waals surface area contributed by atoms with E-state index in [9.17, 15) is 18.0 Å². The highest BCUT2D eigenvalue weighted by Crippen LogP contribution is 2.34. The van der Waals surface area contributed by atoms with Crippen LogP contribution in [0.1, 0.15) is 34.7 Å². The standard InChI is InChI=1S/C20H21F3N2O2/c1-13-5-4-8-16-17(9-10-27-18(13)16)25-19(26)24-12-15-7-3-2-6-14(15)11-20(21,22)23/h2-8,17H,9-12H2,1H3,(H2,24,25,26)/t17-/m1/s1. The zero-order chi connectivity index (χ0) is 19.4. The normalized spacial score (nSPS) is 16.2.